The normalized spacial score (nSPS) is 11.9. The van der Waals surface area contributed by atoms with Crippen molar-refractivity contribution >= 4 is 25.6 Å². The highest BCUT2D eigenvalue weighted by molar-refractivity contribution is 8.13. The molecule has 0 saturated heterocycles. The number of carbonyl (C=O) groups excluding carboxylic acids is 1. The Hall–Kier alpha value is -1.15. The molecule has 0 aliphatic heterocycles. The smallest absolute Gasteiger partial charge is 0.267 e. The second kappa shape index (κ2) is 7.74. The number of nitrogens with zero attached hydrogens (tertiary/aromatic N) is 1. The summed E-state index contributed by atoms with van der Waals surface area (Å²) in [4.78, 5) is 11.6. The molecule has 21 heavy (non-hydrogen) atoms. The molecule has 1 amide bonds. The third-order valence-electron chi connectivity index (χ3n) is 2.79. The second-order valence-corrected chi connectivity index (χ2v) is 7.07. The average molecular weight is 343 g/mol. The maximum Gasteiger partial charge on any atom is 0.267 e. The van der Waals surface area contributed by atoms with Gasteiger partial charge in [-0.25, -0.2) is 17.2 Å². The van der Waals surface area contributed by atoms with Gasteiger partial charge in [-0.1, -0.05) is 19.8 Å². The van der Waals surface area contributed by atoms with Crippen LogP contribution in [0.4, 0.5) is 8.78 Å². The van der Waals surface area contributed by atoms with E-state index in [0.717, 1.165) is 36.1 Å². The minimum absolute atomic E-state index is 0.147. The molecule has 1 aromatic heterocycles. The van der Waals surface area contributed by atoms with Gasteiger partial charge < -0.3 is 9.88 Å². The van der Waals surface area contributed by atoms with Crippen molar-refractivity contribution in [1.82, 2.24) is 9.88 Å². The Morgan fingerprint density at radius 1 is 1.43 bits per heavy atom. The van der Waals surface area contributed by atoms with Crippen molar-refractivity contribution < 1.29 is 22.0 Å². The van der Waals surface area contributed by atoms with E-state index < -0.39 is 27.9 Å². The van der Waals surface area contributed by atoms with Gasteiger partial charge in [-0.3, -0.25) is 4.79 Å². The Bertz CT molecular complexity index is 587. The topological polar surface area (TPSA) is 68.2 Å². The third kappa shape index (κ3) is 5.62. The number of unbranched alkanes of at least 4 members (excludes halogenated alkanes) is 2. The van der Waals surface area contributed by atoms with Crippen LogP contribution in [0.1, 0.15) is 36.7 Å². The van der Waals surface area contributed by atoms with Crippen molar-refractivity contribution in [2.75, 3.05) is 6.54 Å². The number of halogens is 3. The van der Waals surface area contributed by atoms with Crippen molar-refractivity contribution in [1.29, 1.82) is 0 Å². The van der Waals surface area contributed by atoms with Gasteiger partial charge in [0.2, 0.25) is 0 Å². The monoisotopic (exact) mass is 342 g/mol. The van der Waals surface area contributed by atoms with E-state index in [2.05, 4.69) is 5.32 Å². The fourth-order valence-electron chi connectivity index (χ4n) is 1.77. The number of hydrogen-bond acceptors (Lipinski definition) is 3. The lowest BCUT2D eigenvalue weighted by Gasteiger charge is -2.08. The molecule has 0 spiro atoms. The SMILES string of the molecule is CCCCCNC(=O)c1cc(S(=O)(=O)Cl)cn1CC(F)F. The van der Waals surface area contributed by atoms with Crippen molar-refractivity contribution in [2.24, 2.45) is 0 Å². The van der Waals surface area contributed by atoms with E-state index in [9.17, 15) is 22.0 Å². The second-order valence-electron chi connectivity index (χ2n) is 4.51. The van der Waals surface area contributed by atoms with Crippen molar-refractivity contribution in [3.63, 3.8) is 0 Å². The number of hydrogen-bond donors (Lipinski definition) is 1. The van der Waals surface area contributed by atoms with Crippen molar-refractivity contribution in [3.8, 4) is 0 Å². The average Bonchev–Trinajstić information content (AvgIpc) is 2.77. The van der Waals surface area contributed by atoms with Crippen LogP contribution in [-0.2, 0) is 15.6 Å². The molecule has 0 saturated carbocycles. The summed E-state index contributed by atoms with van der Waals surface area (Å²) in [6.07, 6.45) is 0.898. The zero-order chi connectivity index (χ0) is 16.0. The highest BCUT2D eigenvalue weighted by atomic mass is 35.7. The maximum atomic E-state index is 12.5. The molecule has 1 N–H and O–H groups in total. The zero-order valence-corrected chi connectivity index (χ0v) is 13.1. The van der Waals surface area contributed by atoms with Crippen LogP contribution in [0, 0.1) is 0 Å². The first-order valence-corrected chi connectivity index (χ1v) is 8.77. The molecule has 0 unspecified atom stereocenters. The van der Waals surface area contributed by atoms with Crippen molar-refractivity contribution in [3.05, 3.63) is 18.0 Å². The standard InChI is InChI=1S/C12H17ClF2N2O3S/c1-2-3-4-5-16-12(18)10-6-9(21(13,19)20)7-17(10)8-11(14)15/h6-7,11H,2-5,8H2,1H3,(H,16,18). The minimum Gasteiger partial charge on any atom is -0.351 e. The Labute approximate surface area is 126 Å². The highest BCUT2D eigenvalue weighted by Gasteiger charge is 2.21. The quantitative estimate of drug-likeness (QED) is 0.583. The summed E-state index contributed by atoms with van der Waals surface area (Å²) in [7, 11) is 1.09. The van der Waals surface area contributed by atoms with Crippen LogP contribution in [0.5, 0.6) is 0 Å². The van der Waals surface area contributed by atoms with Gasteiger partial charge in [-0.2, -0.15) is 0 Å². The maximum absolute atomic E-state index is 12.5. The van der Waals surface area contributed by atoms with E-state index in [1.165, 1.54) is 0 Å². The molecule has 0 radical (unpaired) electrons. The van der Waals surface area contributed by atoms with Crippen molar-refractivity contribution in [2.45, 2.75) is 44.1 Å². The summed E-state index contributed by atoms with van der Waals surface area (Å²) < 4.78 is 48.4. The van der Waals surface area contributed by atoms with E-state index in [-0.39, 0.29) is 10.6 Å². The molecule has 1 heterocycles. The Morgan fingerprint density at radius 2 is 2.10 bits per heavy atom. The molecule has 0 aliphatic carbocycles. The minimum atomic E-state index is -4.08. The molecule has 0 bridgehead atoms. The molecule has 9 heteroatoms. The first kappa shape index (κ1) is 17.9. The molecule has 0 fully saturated rings. The zero-order valence-electron chi connectivity index (χ0n) is 11.5. The van der Waals surface area contributed by atoms with Gasteiger partial charge >= 0.3 is 0 Å². The third-order valence-corrected chi connectivity index (χ3v) is 4.11. The number of nitrogens with one attached hydrogen (secondary N) is 1. The first-order chi connectivity index (χ1) is 9.75. The van der Waals surface area contributed by atoms with E-state index in [1.54, 1.807) is 0 Å². The first-order valence-electron chi connectivity index (χ1n) is 6.47. The molecule has 0 atom stereocenters. The van der Waals surface area contributed by atoms with Crippen LogP contribution in [0.3, 0.4) is 0 Å². The fraction of sp³-hybridized carbons (Fsp3) is 0.583. The van der Waals surface area contributed by atoms with Crippen LogP contribution in [0.2, 0.25) is 0 Å². The van der Waals surface area contributed by atoms with Crippen LogP contribution in [0.15, 0.2) is 17.2 Å². The molecular formula is C12H17ClF2N2O3S. The van der Waals surface area contributed by atoms with Gasteiger partial charge in [0.25, 0.3) is 21.4 Å². The van der Waals surface area contributed by atoms with Crippen LogP contribution < -0.4 is 5.32 Å². The van der Waals surface area contributed by atoms with Crippen LogP contribution in [-0.4, -0.2) is 31.9 Å². The Kier molecular flexibility index (Phi) is 6.60. The van der Waals surface area contributed by atoms with E-state index >= 15 is 0 Å². The molecule has 1 rings (SSSR count). The Morgan fingerprint density at radius 3 is 2.62 bits per heavy atom. The summed E-state index contributed by atoms with van der Waals surface area (Å²) in [5.74, 6) is -0.599. The molecule has 0 aromatic carbocycles. The van der Waals surface area contributed by atoms with Gasteiger partial charge in [0, 0.05) is 23.4 Å². The van der Waals surface area contributed by atoms with E-state index in [1.807, 2.05) is 6.92 Å². The van der Waals surface area contributed by atoms with Gasteiger partial charge in [0.05, 0.1) is 6.54 Å². The summed E-state index contributed by atoms with van der Waals surface area (Å²) in [6.45, 7) is 1.63. The summed E-state index contributed by atoms with van der Waals surface area (Å²) in [6, 6.07) is 1.000. The van der Waals surface area contributed by atoms with E-state index in [0.29, 0.717) is 6.54 Å². The number of rotatable bonds is 8. The van der Waals surface area contributed by atoms with E-state index in [4.69, 9.17) is 10.7 Å². The van der Waals surface area contributed by atoms with Gasteiger partial charge in [0.15, 0.2) is 0 Å². The lowest BCUT2D eigenvalue weighted by molar-refractivity contribution is 0.0930. The highest BCUT2D eigenvalue weighted by Crippen LogP contribution is 2.19. The lowest BCUT2D eigenvalue weighted by Crippen LogP contribution is -2.27. The molecule has 1 aromatic rings. The summed E-state index contributed by atoms with van der Waals surface area (Å²) >= 11 is 0. The lowest BCUT2D eigenvalue weighted by atomic mass is 10.2. The molecule has 0 aliphatic rings. The Balaban J connectivity index is 2.92. The number of aromatic nitrogens is 1. The molecular weight excluding hydrogens is 326 g/mol. The predicted octanol–water partition coefficient (Wildman–Crippen LogP) is 2.60. The van der Waals surface area contributed by atoms with Crippen LogP contribution >= 0.6 is 10.7 Å². The number of amides is 1. The predicted molar refractivity (Wildman–Crippen MR) is 75.3 cm³/mol. The largest absolute Gasteiger partial charge is 0.351 e. The molecule has 120 valence electrons. The van der Waals surface area contributed by atoms with Gasteiger partial charge in [0.1, 0.15) is 10.6 Å². The molecule has 5 nitrogen and oxygen atoms in total. The fourth-order valence-corrected chi connectivity index (χ4v) is 2.53. The summed E-state index contributed by atoms with van der Waals surface area (Å²) in [5, 5.41) is 2.57. The summed E-state index contributed by atoms with van der Waals surface area (Å²) in [5.41, 5.74) is -0.147. The van der Waals surface area contributed by atoms with Crippen LogP contribution in [0.25, 0.3) is 0 Å². The number of alkyl halides is 2. The van der Waals surface area contributed by atoms with Gasteiger partial charge in [-0.15, -0.1) is 0 Å². The number of carbonyl (C=O) groups is 1. The van der Waals surface area contributed by atoms with Gasteiger partial charge in [-0.05, 0) is 12.5 Å².